The Balaban J connectivity index is 1.59. The molecule has 1 atom stereocenters. The Labute approximate surface area is 146 Å². The monoisotopic (exact) mass is 346 g/mol. The Morgan fingerprint density at radius 2 is 2.28 bits per heavy atom. The van der Waals surface area contributed by atoms with Gasteiger partial charge < -0.3 is 15.2 Å². The molecular formula is C18H23FN4O2. The molecule has 0 bridgehead atoms. The average Bonchev–Trinajstić information content (AvgIpc) is 3.23. The second-order valence-corrected chi connectivity index (χ2v) is 7.06. The van der Waals surface area contributed by atoms with E-state index in [-0.39, 0.29) is 17.1 Å². The maximum atomic E-state index is 13.6. The van der Waals surface area contributed by atoms with Crippen LogP contribution in [-0.4, -0.2) is 40.6 Å². The lowest BCUT2D eigenvalue weighted by atomic mass is 9.90. The summed E-state index contributed by atoms with van der Waals surface area (Å²) >= 11 is 0. The third kappa shape index (κ3) is 3.87. The van der Waals surface area contributed by atoms with Gasteiger partial charge in [-0.3, -0.25) is 4.79 Å². The zero-order chi connectivity index (χ0) is 18.0. The maximum absolute atomic E-state index is 13.6. The van der Waals surface area contributed by atoms with Gasteiger partial charge in [0.25, 0.3) is 0 Å². The van der Waals surface area contributed by atoms with Crippen molar-refractivity contribution in [1.82, 2.24) is 15.0 Å². The number of aryl methyl sites for hydroxylation is 2. The summed E-state index contributed by atoms with van der Waals surface area (Å²) in [6.07, 6.45) is 1.61. The van der Waals surface area contributed by atoms with Gasteiger partial charge in [0.2, 0.25) is 17.6 Å². The van der Waals surface area contributed by atoms with Gasteiger partial charge in [0.05, 0.1) is 0 Å². The van der Waals surface area contributed by atoms with Crippen molar-refractivity contribution in [2.24, 2.45) is 11.1 Å². The number of benzene rings is 1. The van der Waals surface area contributed by atoms with Crippen molar-refractivity contribution in [2.45, 2.75) is 33.1 Å². The van der Waals surface area contributed by atoms with Crippen molar-refractivity contribution in [1.29, 1.82) is 0 Å². The molecule has 0 spiro atoms. The van der Waals surface area contributed by atoms with Crippen LogP contribution < -0.4 is 5.73 Å². The molecule has 2 heterocycles. The lowest BCUT2D eigenvalue weighted by Crippen LogP contribution is -2.34. The molecule has 1 unspecified atom stereocenters. The molecule has 0 saturated carbocycles. The highest BCUT2D eigenvalue weighted by atomic mass is 19.1. The molecule has 0 aliphatic carbocycles. The minimum atomic E-state index is -0.309. The summed E-state index contributed by atoms with van der Waals surface area (Å²) in [5.41, 5.74) is 6.91. The Hall–Kier alpha value is -2.28. The highest BCUT2D eigenvalue weighted by molar-refractivity contribution is 5.76. The molecule has 7 heteroatoms. The van der Waals surface area contributed by atoms with Crippen LogP contribution in [0, 0.1) is 18.2 Å². The SMILES string of the molecule is Cc1ccc(-c2noc(CCC(=O)N3CCC(C)(CN)C3)n2)cc1F. The van der Waals surface area contributed by atoms with Gasteiger partial charge in [-0.25, -0.2) is 4.39 Å². The molecule has 2 aromatic rings. The molecule has 1 saturated heterocycles. The Bertz CT molecular complexity index is 776. The molecule has 1 aromatic heterocycles. The molecule has 134 valence electrons. The Kier molecular flexibility index (Phi) is 4.85. The van der Waals surface area contributed by atoms with Crippen LogP contribution in [-0.2, 0) is 11.2 Å². The van der Waals surface area contributed by atoms with E-state index in [1.54, 1.807) is 19.1 Å². The van der Waals surface area contributed by atoms with Gasteiger partial charge in [-0.15, -0.1) is 0 Å². The minimum Gasteiger partial charge on any atom is -0.342 e. The van der Waals surface area contributed by atoms with Crippen LogP contribution in [0.1, 0.15) is 31.2 Å². The predicted octanol–water partition coefficient (Wildman–Crippen LogP) is 2.31. The molecule has 2 N–H and O–H groups in total. The number of rotatable bonds is 5. The van der Waals surface area contributed by atoms with Crippen molar-refractivity contribution < 1.29 is 13.7 Å². The van der Waals surface area contributed by atoms with E-state index in [1.165, 1.54) is 6.07 Å². The van der Waals surface area contributed by atoms with Crippen LogP contribution in [0.15, 0.2) is 22.7 Å². The third-order valence-corrected chi connectivity index (χ3v) is 4.85. The Morgan fingerprint density at radius 1 is 1.48 bits per heavy atom. The van der Waals surface area contributed by atoms with Crippen molar-refractivity contribution >= 4 is 5.91 Å². The molecule has 1 aliphatic rings. The standard InChI is InChI=1S/C18H23FN4O2/c1-12-3-4-13(9-14(12)19)17-21-15(25-22-17)5-6-16(24)23-8-7-18(2,10-20)11-23/h3-4,9H,5-8,10-11,20H2,1-2H3. The van der Waals surface area contributed by atoms with Crippen molar-refractivity contribution in [3.8, 4) is 11.4 Å². The number of amides is 1. The lowest BCUT2D eigenvalue weighted by Gasteiger charge is -2.22. The molecule has 3 rings (SSSR count). The molecule has 1 fully saturated rings. The van der Waals surface area contributed by atoms with Gasteiger partial charge in [0, 0.05) is 31.5 Å². The van der Waals surface area contributed by atoms with Crippen molar-refractivity contribution in [2.75, 3.05) is 19.6 Å². The summed E-state index contributed by atoms with van der Waals surface area (Å²) in [6.45, 7) is 5.81. The first-order valence-electron chi connectivity index (χ1n) is 8.47. The number of halogens is 1. The fraction of sp³-hybridized carbons (Fsp3) is 0.500. The summed E-state index contributed by atoms with van der Waals surface area (Å²) in [7, 11) is 0. The highest BCUT2D eigenvalue weighted by Crippen LogP contribution is 2.29. The number of hydrogen-bond acceptors (Lipinski definition) is 5. The van der Waals surface area contributed by atoms with Gasteiger partial charge in [0.1, 0.15) is 5.82 Å². The second-order valence-electron chi connectivity index (χ2n) is 7.06. The van der Waals surface area contributed by atoms with E-state index in [0.717, 1.165) is 13.0 Å². The smallest absolute Gasteiger partial charge is 0.227 e. The summed E-state index contributed by atoms with van der Waals surface area (Å²) < 4.78 is 18.8. The first-order chi connectivity index (χ1) is 11.9. The van der Waals surface area contributed by atoms with E-state index >= 15 is 0 Å². The van der Waals surface area contributed by atoms with Crippen LogP contribution >= 0.6 is 0 Å². The van der Waals surface area contributed by atoms with Crippen LogP contribution in [0.4, 0.5) is 4.39 Å². The van der Waals surface area contributed by atoms with Gasteiger partial charge in [-0.2, -0.15) is 4.98 Å². The molecular weight excluding hydrogens is 323 g/mol. The predicted molar refractivity (Wildman–Crippen MR) is 91.1 cm³/mol. The van der Waals surface area contributed by atoms with E-state index in [2.05, 4.69) is 17.1 Å². The average molecular weight is 346 g/mol. The van der Waals surface area contributed by atoms with Gasteiger partial charge >= 0.3 is 0 Å². The highest BCUT2D eigenvalue weighted by Gasteiger charge is 2.34. The number of hydrogen-bond donors (Lipinski definition) is 1. The molecule has 0 radical (unpaired) electrons. The molecule has 6 nitrogen and oxygen atoms in total. The number of nitrogens with two attached hydrogens (primary N) is 1. The fourth-order valence-corrected chi connectivity index (χ4v) is 2.98. The van der Waals surface area contributed by atoms with Crippen LogP contribution in [0.25, 0.3) is 11.4 Å². The fourth-order valence-electron chi connectivity index (χ4n) is 2.98. The lowest BCUT2D eigenvalue weighted by molar-refractivity contribution is -0.130. The summed E-state index contributed by atoms with van der Waals surface area (Å²) in [6, 6.07) is 4.80. The molecule has 1 aliphatic heterocycles. The quantitative estimate of drug-likeness (QED) is 0.898. The maximum Gasteiger partial charge on any atom is 0.227 e. The van der Waals surface area contributed by atoms with E-state index in [1.807, 2.05) is 4.90 Å². The van der Waals surface area contributed by atoms with Crippen LogP contribution in [0.2, 0.25) is 0 Å². The number of likely N-dealkylation sites (tertiary alicyclic amines) is 1. The normalized spacial score (nSPS) is 20.2. The topological polar surface area (TPSA) is 85.2 Å². The van der Waals surface area contributed by atoms with Crippen LogP contribution in [0.5, 0.6) is 0 Å². The van der Waals surface area contributed by atoms with Crippen LogP contribution in [0.3, 0.4) is 0 Å². The third-order valence-electron chi connectivity index (χ3n) is 4.85. The largest absolute Gasteiger partial charge is 0.342 e. The molecule has 1 amide bonds. The van der Waals surface area contributed by atoms with Gasteiger partial charge in [-0.1, -0.05) is 24.2 Å². The number of aromatic nitrogens is 2. The molecule has 1 aromatic carbocycles. The number of nitrogens with zero attached hydrogens (tertiary/aromatic N) is 3. The summed E-state index contributed by atoms with van der Waals surface area (Å²) in [4.78, 5) is 18.4. The number of carbonyl (C=O) groups excluding carboxylic acids is 1. The zero-order valence-electron chi connectivity index (χ0n) is 14.6. The van der Waals surface area contributed by atoms with Crippen molar-refractivity contribution in [3.05, 3.63) is 35.5 Å². The Morgan fingerprint density at radius 3 is 2.96 bits per heavy atom. The second kappa shape index (κ2) is 6.92. The summed E-state index contributed by atoms with van der Waals surface area (Å²) in [5.74, 6) is 0.470. The summed E-state index contributed by atoms with van der Waals surface area (Å²) in [5, 5.41) is 3.87. The van der Waals surface area contributed by atoms with Gasteiger partial charge in [0.15, 0.2) is 0 Å². The first kappa shape index (κ1) is 17.5. The zero-order valence-corrected chi connectivity index (χ0v) is 14.6. The number of carbonyl (C=O) groups is 1. The van der Waals surface area contributed by atoms with E-state index in [4.69, 9.17) is 10.3 Å². The van der Waals surface area contributed by atoms with E-state index in [0.29, 0.717) is 48.8 Å². The van der Waals surface area contributed by atoms with Crippen molar-refractivity contribution in [3.63, 3.8) is 0 Å². The minimum absolute atomic E-state index is 0.0167. The van der Waals surface area contributed by atoms with Gasteiger partial charge in [-0.05, 0) is 36.9 Å². The first-order valence-corrected chi connectivity index (χ1v) is 8.47. The van der Waals surface area contributed by atoms with E-state index < -0.39 is 0 Å². The molecule has 25 heavy (non-hydrogen) atoms. The van der Waals surface area contributed by atoms with E-state index in [9.17, 15) is 9.18 Å².